The number of nitrogens with two attached hydrogens (primary N) is 1. The van der Waals surface area contributed by atoms with E-state index in [2.05, 4.69) is 0 Å². The van der Waals surface area contributed by atoms with E-state index in [1.807, 2.05) is 0 Å². The Hall–Kier alpha value is -0.0400. The molecule has 0 aliphatic carbocycles. The molecule has 0 spiro atoms. The third-order valence-electron chi connectivity index (χ3n) is 0.228. The molecular weight excluding hydrogens is 62.1 g/mol. The van der Waals surface area contributed by atoms with Crippen molar-refractivity contribution in [3.63, 3.8) is 0 Å². The zero-order valence-electron chi connectivity index (χ0n) is 8.15. The summed E-state index contributed by atoms with van der Waals surface area (Å²) >= 11 is 0. The Kier molecular flexibility index (Phi) is 0.429. The monoisotopic (exact) mass is 78.1 g/mol. The number of hydrogen-bond donors (Lipinski definition) is 1. The minimum Gasteiger partial charge on any atom is -0.328 e. The summed E-state index contributed by atoms with van der Waals surface area (Å²) in [7, 11) is 0. The molecule has 32 valence electrons. The molecule has 0 saturated heterocycles. The van der Waals surface area contributed by atoms with Gasteiger partial charge >= 0.3 is 0 Å². The Labute approximate surface area is 40.2 Å². The maximum atomic E-state index is 7.01. The fourth-order valence-electron chi connectivity index (χ4n) is 0. The van der Waals surface area contributed by atoms with Gasteiger partial charge in [-0.1, -0.05) is 6.85 Å². The standard InChI is InChI=1S/C4H11N/c1-3-4(2)5/h4H,3,5H2,1-2H3/i1D3,3D2. The fourth-order valence-corrected chi connectivity index (χ4v) is 0. The van der Waals surface area contributed by atoms with E-state index in [0.29, 0.717) is 0 Å². The molecule has 1 nitrogen and oxygen atoms in total. The summed E-state index contributed by atoms with van der Waals surface area (Å²) in [5.41, 5.74) is 5.12. The van der Waals surface area contributed by atoms with Gasteiger partial charge in [-0.25, -0.2) is 0 Å². The second-order valence-corrected chi connectivity index (χ2v) is 0.933. The van der Waals surface area contributed by atoms with Gasteiger partial charge < -0.3 is 5.73 Å². The summed E-state index contributed by atoms with van der Waals surface area (Å²) in [4.78, 5) is 0. The van der Waals surface area contributed by atoms with Crippen LogP contribution >= 0.6 is 0 Å². The van der Waals surface area contributed by atoms with E-state index in [0.717, 1.165) is 0 Å². The molecule has 0 aromatic rings. The van der Waals surface area contributed by atoms with Crippen LogP contribution in [0.3, 0.4) is 0 Å². The van der Waals surface area contributed by atoms with Gasteiger partial charge in [-0.05, 0) is 13.3 Å². The van der Waals surface area contributed by atoms with Crippen LogP contribution < -0.4 is 5.73 Å². The first-order valence-corrected chi connectivity index (χ1v) is 1.45. The lowest BCUT2D eigenvalue weighted by Crippen LogP contribution is -2.11. The predicted octanol–water partition coefficient (Wildman–Crippen LogP) is 0.744. The quantitative estimate of drug-likeness (QED) is 0.492. The van der Waals surface area contributed by atoms with Crippen LogP contribution in [0.2, 0.25) is 0 Å². The summed E-state index contributed by atoms with van der Waals surface area (Å²) in [6, 6.07) is -0.972. The Bertz CT molecular complexity index is 115. The van der Waals surface area contributed by atoms with Crippen molar-refractivity contribution in [1.29, 1.82) is 0 Å². The van der Waals surface area contributed by atoms with Crippen LogP contribution in [0.4, 0.5) is 0 Å². The Balaban J connectivity index is 4.40. The van der Waals surface area contributed by atoms with E-state index < -0.39 is 19.3 Å². The average Bonchev–Trinajstić information content (AvgIpc) is 1.62. The summed E-state index contributed by atoms with van der Waals surface area (Å²) in [6.45, 7) is -1.28. The van der Waals surface area contributed by atoms with Crippen LogP contribution in [0, 0.1) is 0 Å². The van der Waals surface area contributed by atoms with Crippen LogP contribution in [-0.4, -0.2) is 6.04 Å². The lowest BCUT2D eigenvalue weighted by Gasteiger charge is -1.91. The van der Waals surface area contributed by atoms with E-state index in [4.69, 9.17) is 12.6 Å². The zero-order valence-corrected chi connectivity index (χ0v) is 3.15. The second-order valence-electron chi connectivity index (χ2n) is 0.933. The van der Waals surface area contributed by atoms with Crippen LogP contribution in [0.25, 0.3) is 0 Å². The molecule has 0 aromatic heterocycles. The molecule has 0 heterocycles. The molecule has 2 N–H and O–H groups in total. The largest absolute Gasteiger partial charge is 0.328 e. The molecule has 0 aliphatic heterocycles. The van der Waals surface area contributed by atoms with E-state index in [1.165, 1.54) is 6.92 Å². The molecule has 0 rings (SSSR count). The third-order valence-corrected chi connectivity index (χ3v) is 0.228. The van der Waals surface area contributed by atoms with Gasteiger partial charge in [0.15, 0.2) is 0 Å². The van der Waals surface area contributed by atoms with E-state index >= 15 is 0 Å². The van der Waals surface area contributed by atoms with Crippen molar-refractivity contribution in [3.8, 4) is 0 Å². The van der Waals surface area contributed by atoms with Crippen molar-refractivity contribution in [2.24, 2.45) is 5.73 Å². The van der Waals surface area contributed by atoms with Gasteiger partial charge in [0.2, 0.25) is 0 Å². The zero-order chi connectivity index (χ0) is 8.58. The van der Waals surface area contributed by atoms with E-state index in [9.17, 15) is 0 Å². The van der Waals surface area contributed by atoms with E-state index in [1.54, 1.807) is 0 Å². The minimum absolute atomic E-state index is 0.972. The third kappa shape index (κ3) is 3.96. The smallest absolute Gasteiger partial charge is 0.0279 e. The summed E-state index contributed by atoms with van der Waals surface area (Å²) < 4.78 is 34.3. The summed E-state index contributed by atoms with van der Waals surface area (Å²) in [5.74, 6) is 0. The first kappa shape index (κ1) is 0.969. The van der Waals surface area contributed by atoms with Gasteiger partial charge in [0.25, 0.3) is 0 Å². The van der Waals surface area contributed by atoms with Gasteiger partial charge in [-0.15, -0.1) is 0 Å². The van der Waals surface area contributed by atoms with Gasteiger partial charge in [-0.2, -0.15) is 0 Å². The number of rotatable bonds is 1. The lowest BCUT2D eigenvalue weighted by atomic mass is 10.3. The first-order chi connectivity index (χ1) is 4.19. The molecule has 1 atom stereocenters. The highest BCUT2D eigenvalue weighted by molar-refractivity contribution is 4.43. The normalized spacial score (nSPS) is 35.2. The molecule has 0 fully saturated rings. The highest BCUT2D eigenvalue weighted by Crippen LogP contribution is 1.77. The van der Waals surface area contributed by atoms with Gasteiger partial charge in [0, 0.05) is 12.9 Å². The molecule has 0 bridgehead atoms. The van der Waals surface area contributed by atoms with Crippen molar-refractivity contribution < 1.29 is 6.85 Å². The minimum atomic E-state index is -2.62. The fraction of sp³-hybridized carbons (Fsp3) is 1.00. The second kappa shape index (κ2) is 2.21. The van der Waals surface area contributed by atoms with Gasteiger partial charge in [0.05, 0.1) is 0 Å². The van der Waals surface area contributed by atoms with Crippen LogP contribution in [0.5, 0.6) is 0 Å². The van der Waals surface area contributed by atoms with Crippen molar-refractivity contribution in [2.75, 3.05) is 0 Å². The highest BCUT2D eigenvalue weighted by atomic mass is 14.6. The molecule has 1 unspecified atom stereocenters. The SMILES string of the molecule is [2H]C([2H])([2H])C([2H])([2H])C(C)N. The van der Waals surface area contributed by atoms with Crippen molar-refractivity contribution in [3.05, 3.63) is 0 Å². The molecule has 0 aliphatic rings. The maximum Gasteiger partial charge on any atom is 0.0279 e. The molecule has 0 radical (unpaired) electrons. The van der Waals surface area contributed by atoms with Crippen LogP contribution in [0.15, 0.2) is 0 Å². The topological polar surface area (TPSA) is 26.0 Å². The van der Waals surface area contributed by atoms with Crippen molar-refractivity contribution >= 4 is 0 Å². The molecular formula is C4H11N. The molecule has 0 saturated carbocycles. The summed E-state index contributed by atoms with van der Waals surface area (Å²) in [5, 5.41) is 0. The first-order valence-electron chi connectivity index (χ1n) is 3.95. The maximum absolute atomic E-state index is 7.01. The number of hydrogen-bond acceptors (Lipinski definition) is 1. The Morgan fingerprint density at radius 2 is 3.00 bits per heavy atom. The average molecular weight is 78.2 g/mol. The van der Waals surface area contributed by atoms with Crippen molar-refractivity contribution in [2.45, 2.75) is 26.2 Å². The van der Waals surface area contributed by atoms with Crippen molar-refractivity contribution in [1.82, 2.24) is 0 Å². The van der Waals surface area contributed by atoms with Gasteiger partial charge in [0.1, 0.15) is 0 Å². The molecule has 0 amide bonds. The van der Waals surface area contributed by atoms with Crippen LogP contribution in [-0.2, 0) is 0 Å². The molecule has 5 heavy (non-hydrogen) atoms. The molecule has 0 aromatic carbocycles. The Morgan fingerprint density at radius 3 is 3.00 bits per heavy atom. The van der Waals surface area contributed by atoms with Crippen LogP contribution in [0.1, 0.15) is 27.0 Å². The Morgan fingerprint density at radius 1 is 2.40 bits per heavy atom. The molecule has 1 heteroatoms. The summed E-state index contributed by atoms with van der Waals surface area (Å²) in [6.07, 6.45) is -2.28. The lowest BCUT2D eigenvalue weighted by molar-refractivity contribution is 0.715. The van der Waals surface area contributed by atoms with Gasteiger partial charge in [-0.3, -0.25) is 0 Å². The van der Waals surface area contributed by atoms with E-state index in [-0.39, 0.29) is 0 Å². The highest BCUT2D eigenvalue weighted by Gasteiger charge is 1.79. The predicted molar refractivity (Wildman–Crippen MR) is 23.9 cm³/mol.